The van der Waals surface area contributed by atoms with E-state index >= 15 is 0 Å². The van der Waals surface area contributed by atoms with Crippen molar-refractivity contribution in [1.82, 2.24) is 15.5 Å². The molecule has 0 bridgehead atoms. The fourth-order valence-electron chi connectivity index (χ4n) is 1.77. The molecule has 1 aromatic carbocycles. The predicted molar refractivity (Wildman–Crippen MR) is 86.4 cm³/mol. The van der Waals surface area contributed by atoms with Crippen LogP contribution >= 0.6 is 11.8 Å². The molecular weight excluding hydrogens is 282 g/mol. The van der Waals surface area contributed by atoms with Crippen LogP contribution in [0, 0.1) is 0 Å². The average Bonchev–Trinajstić information content (AvgIpc) is 2.92. The van der Waals surface area contributed by atoms with E-state index in [0.717, 1.165) is 12.4 Å². The monoisotopic (exact) mass is 305 g/mol. The molecule has 114 valence electrons. The molecule has 1 aromatic heterocycles. The normalized spacial score (nSPS) is 11.5. The molecule has 0 saturated heterocycles. The third kappa shape index (κ3) is 5.17. The van der Waals surface area contributed by atoms with E-state index in [1.54, 1.807) is 11.8 Å². The lowest BCUT2D eigenvalue weighted by Gasteiger charge is -2.09. The van der Waals surface area contributed by atoms with Gasteiger partial charge in [0, 0.05) is 23.4 Å². The fraction of sp³-hybridized carbons (Fsp3) is 0.500. The van der Waals surface area contributed by atoms with E-state index in [2.05, 4.69) is 67.4 Å². The van der Waals surface area contributed by atoms with Gasteiger partial charge in [-0.25, -0.2) is 0 Å². The van der Waals surface area contributed by atoms with Crippen LogP contribution in [0.3, 0.4) is 0 Å². The molecular formula is C16H23N3OS. The van der Waals surface area contributed by atoms with Gasteiger partial charge in [0.1, 0.15) is 0 Å². The molecule has 0 saturated carbocycles. The Morgan fingerprint density at radius 2 is 2.05 bits per heavy atom. The van der Waals surface area contributed by atoms with E-state index in [9.17, 15) is 0 Å². The third-order valence-electron chi connectivity index (χ3n) is 2.98. The molecule has 0 aliphatic carbocycles. The first-order valence-electron chi connectivity index (χ1n) is 7.32. The second-order valence-electron chi connectivity index (χ2n) is 5.67. The second-order valence-corrected chi connectivity index (χ2v) is 6.72. The highest BCUT2D eigenvalue weighted by Gasteiger charge is 2.09. The van der Waals surface area contributed by atoms with E-state index < -0.39 is 0 Å². The van der Waals surface area contributed by atoms with E-state index in [1.165, 1.54) is 10.5 Å². The number of rotatable bonds is 7. The van der Waals surface area contributed by atoms with Crippen LogP contribution in [0.25, 0.3) is 0 Å². The van der Waals surface area contributed by atoms with E-state index in [1.807, 2.05) is 0 Å². The third-order valence-corrected chi connectivity index (χ3v) is 3.95. The number of thioether (sulfide) groups is 1. The smallest absolute Gasteiger partial charge is 0.237 e. The van der Waals surface area contributed by atoms with Crippen molar-refractivity contribution in [3.05, 3.63) is 41.5 Å². The van der Waals surface area contributed by atoms with Crippen molar-refractivity contribution in [2.75, 3.05) is 0 Å². The summed E-state index contributed by atoms with van der Waals surface area (Å²) in [6.07, 6.45) is 0. The molecule has 1 heterocycles. The summed E-state index contributed by atoms with van der Waals surface area (Å²) in [5, 5.41) is 7.41. The van der Waals surface area contributed by atoms with Crippen LogP contribution in [0.4, 0.5) is 0 Å². The zero-order valence-corrected chi connectivity index (χ0v) is 13.9. The Labute approximate surface area is 130 Å². The largest absolute Gasteiger partial charge is 0.338 e. The molecule has 0 atom stereocenters. The van der Waals surface area contributed by atoms with Gasteiger partial charge in [-0.1, -0.05) is 45.0 Å². The van der Waals surface area contributed by atoms with E-state index in [4.69, 9.17) is 4.52 Å². The van der Waals surface area contributed by atoms with Crippen LogP contribution < -0.4 is 5.32 Å². The van der Waals surface area contributed by atoms with Crippen molar-refractivity contribution in [3.8, 4) is 0 Å². The molecule has 0 unspecified atom stereocenters. The first-order chi connectivity index (χ1) is 10.0. The maximum Gasteiger partial charge on any atom is 0.237 e. The molecule has 0 aliphatic heterocycles. The van der Waals surface area contributed by atoms with Gasteiger partial charge in [0.15, 0.2) is 5.82 Å². The summed E-state index contributed by atoms with van der Waals surface area (Å²) in [7, 11) is 0. The highest BCUT2D eigenvalue weighted by atomic mass is 32.2. The minimum atomic E-state index is 0.304. The van der Waals surface area contributed by atoms with E-state index in [0.29, 0.717) is 23.6 Å². The molecule has 5 heteroatoms. The van der Waals surface area contributed by atoms with Gasteiger partial charge in [0.25, 0.3) is 0 Å². The average molecular weight is 305 g/mol. The van der Waals surface area contributed by atoms with Gasteiger partial charge in [-0.15, -0.1) is 11.8 Å². The minimum Gasteiger partial charge on any atom is -0.338 e. The zero-order valence-electron chi connectivity index (χ0n) is 13.1. The lowest BCUT2D eigenvalue weighted by Crippen LogP contribution is -2.21. The summed E-state index contributed by atoms with van der Waals surface area (Å²) >= 11 is 1.72. The first-order valence-corrected chi connectivity index (χ1v) is 8.30. The summed E-state index contributed by atoms with van der Waals surface area (Å²) in [5.41, 5.74) is 1.29. The summed E-state index contributed by atoms with van der Waals surface area (Å²) in [6, 6.07) is 9.05. The number of benzene rings is 1. The fourth-order valence-corrected chi connectivity index (χ4v) is 2.59. The highest BCUT2D eigenvalue weighted by Crippen LogP contribution is 2.23. The topological polar surface area (TPSA) is 51.0 Å². The molecule has 1 N–H and O–H groups in total. The highest BCUT2D eigenvalue weighted by molar-refractivity contribution is 7.98. The molecule has 2 rings (SSSR count). The number of hydrogen-bond acceptors (Lipinski definition) is 5. The van der Waals surface area contributed by atoms with Gasteiger partial charge in [0.2, 0.25) is 5.89 Å². The van der Waals surface area contributed by atoms with Crippen LogP contribution in [-0.4, -0.2) is 16.2 Å². The number of nitrogens with zero attached hydrogens (tertiary/aromatic N) is 2. The Morgan fingerprint density at radius 1 is 1.24 bits per heavy atom. The van der Waals surface area contributed by atoms with Gasteiger partial charge in [0.05, 0.1) is 5.75 Å². The lowest BCUT2D eigenvalue weighted by molar-refractivity contribution is 0.383. The Hall–Kier alpha value is -1.33. The van der Waals surface area contributed by atoms with Crippen molar-refractivity contribution in [2.24, 2.45) is 0 Å². The lowest BCUT2D eigenvalue weighted by atomic mass is 10.2. The predicted octanol–water partition coefficient (Wildman–Crippen LogP) is 3.98. The van der Waals surface area contributed by atoms with Gasteiger partial charge < -0.3 is 9.84 Å². The molecule has 0 spiro atoms. The van der Waals surface area contributed by atoms with Crippen molar-refractivity contribution >= 4 is 11.8 Å². The Balaban J connectivity index is 1.91. The number of nitrogens with one attached hydrogen (secondary N) is 1. The Kier molecular flexibility index (Phi) is 5.82. The maximum atomic E-state index is 5.26. The molecule has 0 amide bonds. The Bertz CT molecular complexity index is 566. The SMILES string of the molecule is CC(C)NCc1cccc(SCc2nc(C(C)C)no2)c1. The van der Waals surface area contributed by atoms with Crippen molar-refractivity contribution in [1.29, 1.82) is 0 Å². The first kappa shape index (κ1) is 16.0. The molecule has 21 heavy (non-hydrogen) atoms. The molecule has 0 radical (unpaired) electrons. The van der Waals surface area contributed by atoms with Crippen molar-refractivity contribution < 1.29 is 4.52 Å². The van der Waals surface area contributed by atoms with Crippen molar-refractivity contribution in [2.45, 2.75) is 56.8 Å². The molecule has 0 fully saturated rings. The van der Waals surface area contributed by atoms with Crippen LogP contribution in [0.5, 0.6) is 0 Å². The quantitative estimate of drug-likeness (QED) is 0.784. The molecule has 2 aromatic rings. The summed E-state index contributed by atoms with van der Waals surface area (Å²) in [4.78, 5) is 5.62. The Morgan fingerprint density at radius 3 is 2.71 bits per heavy atom. The molecule has 4 nitrogen and oxygen atoms in total. The molecule has 0 aliphatic rings. The number of hydrogen-bond donors (Lipinski definition) is 1. The van der Waals surface area contributed by atoms with Crippen LogP contribution in [0.15, 0.2) is 33.7 Å². The maximum absolute atomic E-state index is 5.26. The summed E-state index contributed by atoms with van der Waals surface area (Å²) < 4.78 is 5.26. The zero-order chi connectivity index (χ0) is 15.2. The van der Waals surface area contributed by atoms with Crippen molar-refractivity contribution in [3.63, 3.8) is 0 Å². The summed E-state index contributed by atoms with van der Waals surface area (Å²) in [5.74, 6) is 2.48. The van der Waals surface area contributed by atoms with Crippen LogP contribution in [-0.2, 0) is 12.3 Å². The van der Waals surface area contributed by atoms with Gasteiger partial charge in [-0.05, 0) is 17.7 Å². The van der Waals surface area contributed by atoms with Gasteiger partial charge in [-0.2, -0.15) is 4.98 Å². The second kappa shape index (κ2) is 7.61. The summed E-state index contributed by atoms with van der Waals surface area (Å²) in [6.45, 7) is 9.32. The van der Waals surface area contributed by atoms with Gasteiger partial charge >= 0.3 is 0 Å². The minimum absolute atomic E-state index is 0.304. The van der Waals surface area contributed by atoms with Crippen LogP contribution in [0.2, 0.25) is 0 Å². The van der Waals surface area contributed by atoms with Crippen LogP contribution in [0.1, 0.15) is 50.9 Å². The van der Waals surface area contributed by atoms with Gasteiger partial charge in [-0.3, -0.25) is 0 Å². The number of aromatic nitrogens is 2. The van der Waals surface area contributed by atoms with E-state index in [-0.39, 0.29) is 0 Å². The standard InChI is InChI=1S/C16H23N3OS/c1-11(2)16-18-15(20-19-16)10-21-14-7-5-6-13(8-14)9-17-12(3)4/h5-8,11-12,17H,9-10H2,1-4H3.